The standard InChI is InChI=1S/C23H23N/c1-4-12-20(13-5-1)14-10-11-19-23(21-15-6-2-7-16-21)24-22-17-8-3-9-18-22/h1-13,15-18,23-24H,14,19H2/b11-10+. The first-order chi connectivity index (χ1) is 11.9. The highest BCUT2D eigenvalue weighted by Gasteiger charge is 2.09. The maximum absolute atomic E-state index is 3.64. The highest BCUT2D eigenvalue weighted by atomic mass is 14.9. The number of para-hydroxylation sites is 1. The molecule has 1 atom stereocenters. The molecule has 3 aromatic rings. The Labute approximate surface area is 144 Å². The van der Waals surface area contributed by atoms with E-state index < -0.39 is 0 Å². The number of hydrogen-bond donors (Lipinski definition) is 1. The van der Waals surface area contributed by atoms with Crippen LogP contribution < -0.4 is 5.32 Å². The van der Waals surface area contributed by atoms with Gasteiger partial charge in [-0.05, 0) is 36.1 Å². The Morgan fingerprint density at radius 1 is 0.667 bits per heavy atom. The Bertz CT molecular complexity index is 733. The van der Waals surface area contributed by atoms with Crippen molar-refractivity contribution >= 4 is 5.69 Å². The lowest BCUT2D eigenvalue weighted by Gasteiger charge is -2.19. The molecule has 1 nitrogen and oxygen atoms in total. The second-order valence-corrected chi connectivity index (χ2v) is 5.87. The number of anilines is 1. The summed E-state index contributed by atoms with van der Waals surface area (Å²) in [7, 11) is 0. The summed E-state index contributed by atoms with van der Waals surface area (Å²) in [6.07, 6.45) is 6.48. The van der Waals surface area contributed by atoms with Gasteiger partial charge in [-0.2, -0.15) is 0 Å². The first-order valence-corrected chi connectivity index (χ1v) is 8.47. The lowest BCUT2D eigenvalue weighted by atomic mass is 10.0. The molecule has 1 unspecified atom stereocenters. The number of allylic oxidation sites excluding steroid dienone is 1. The summed E-state index contributed by atoms with van der Waals surface area (Å²) in [6, 6.07) is 31.9. The summed E-state index contributed by atoms with van der Waals surface area (Å²) in [5.41, 5.74) is 3.81. The van der Waals surface area contributed by atoms with Gasteiger partial charge in [-0.3, -0.25) is 0 Å². The molecule has 1 N–H and O–H groups in total. The van der Waals surface area contributed by atoms with Gasteiger partial charge in [0.1, 0.15) is 0 Å². The van der Waals surface area contributed by atoms with Gasteiger partial charge in [0.15, 0.2) is 0 Å². The molecule has 3 aromatic carbocycles. The van der Waals surface area contributed by atoms with Gasteiger partial charge in [-0.15, -0.1) is 0 Å². The van der Waals surface area contributed by atoms with Gasteiger partial charge in [0.05, 0.1) is 6.04 Å². The normalized spacial score (nSPS) is 12.2. The van der Waals surface area contributed by atoms with Crippen LogP contribution in [0.3, 0.4) is 0 Å². The molecule has 120 valence electrons. The van der Waals surface area contributed by atoms with Crippen LogP contribution >= 0.6 is 0 Å². The predicted octanol–water partition coefficient (Wildman–Crippen LogP) is 6.03. The Morgan fingerprint density at radius 2 is 1.25 bits per heavy atom. The van der Waals surface area contributed by atoms with Crippen molar-refractivity contribution < 1.29 is 0 Å². The second-order valence-electron chi connectivity index (χ2n) is 5.87. The monoisotopic (exact) mass is 313 g/mol. The van der Waals surface area contributed by atoms with E-state index in [1.807, 2.05) is 6.07 Å². The van der Waals surface area contributed by atoms with E-state index in [1.54, 1.807) is 0 Å². The van der Waals surface area contributed by atoms with Crippen molar-refractivity contribution in [2.24, 2.45) is 0 Å². The summed E-state index contributed by atoms with van der Waals surface area (Å²) in [6.45, 7) is 0. The molecular weight excluding hydrogens is 290 g/mol. The van der Waals surface area contributed by atoms with Crippen molar-refractivity contribution in [1.29, 1.82) is 0 Å². The fraction of sp³-hybridized carbons (Fsp3) is 0.130. The number of nitrogens with one attached hydrogen (secondary N) is 1. The summed E-state index contributed by atoms with van der Waals surface area (Å²) in [4.78, 5) is 0. The van der Waals surface area contributed by atoms with Crippen LogP contribution in [-0.4, -0.2) is 0 Å². The predicted molar refractivity (Wildman–Crippen MR) is 103 cm³/mol. The zero-order chi connectivity index (χ0) is 16.5. The zero-order valence-electron chi connectivity index (χ0n) is 13.8. The first-order valence-electron chi connectivity index (χ1n) is 8.47. The summed E-state index contributed by atoms with van der Waals surface area (Å²) in [5.74, 6) is 0. The number of hydrogen-bond acceptors (Lipinski definition) is 1. The quantitative estimate of drug-likeness (QED) is 0.525. The molecule has 0 aliphatic carbocycles. The smallest absolute Gasteiger partial charge is 0.0548 e. The van der Waals surface area contributed by atoms with Gasteiger partial charge in [-0.25, -0.2) is 0 Å². The van der Waals surface area contributed by atoms with Gasteiger partial charge in [-0.1, -0.05) is 91.0 Å². The van der Waals surface area contributed by atoms with E-state index in [0.29, 0.717) is 0 Å². The van der Waals surface area contributed by atoms with Gasteiger partial charge in [0.2, 0.25) is 0 Å². The first kappa shape index (κ1) is 16.1. The molecular formula is C23H23N. The Hall–Kier alpha value is -2.80. The molecule has 0 aliphatic rings. The zero-order valence-corrected chi connectivity index (χ0v) is 13.8. The van der Waals surface area contributed by atoms with Gasteiger partial charge >= 0.3 is 0 Å². The van der Waals surface area contributed by atoms with E-state index in [0.717, 1.165) is 18.5 Å². The summed E-state index contributed by atoms with van der Waals surface area (Å²) in [5, 5.41) is 3.64. The van der Waals surface area contributed by atoms with Crippen molar-refractivity contribution in [3.63, 3.8) is 0 Å². The van der Waals surface area contributed by atoms with Crippen molar-refractivity contribution in [2.75, 3.05) is 5.32 Å². The van der Waals surface area contributed by atoms with Crippen molar-refractivity contribution in [3.05, 3.63) is 114 Å². The van der Waals surface area contributed by atoms with Gasteiger partial charge in [0.25, 0.3) is 0 Å². The third-order valence-corrected chi connectivity index (χ3v) is 4.05. The minimum absolute atomic E-state index is 0.278. The van der Waals surface area contributed by atoms with E-state index in [2.05, 4.69) is 102 Å². The molecule has 0 aromatic heterocycles. The van der Waals surface area contributed by atoms with Crippen LogP contribution in [0.1, 0.15) is 23.6 Å². The molecule has 0 radical (unpaired) electrons. The maximum atomic E-state index is 3.64. The van der Waals surface area contributed by atoms with Crippen LogP contribution in [0.5, 0.6) is 0 Å². The van der Waals surface area contributed by atoms with Crippen LogP contribution in [0, 0.1) is 0 Å². The molecule has 0 heterocycles. The van der Waals surface area contributed by atoms with Gasteiger partial charge < -0.3 is 5.32 Å². The molecule has 0 fully saturated rings. The third-order valence-electron chi connectivity index (χ3n) is 4.05. The Morgan fingerprint density at radius 3 is 1.92 bits per heavy atom. The average Bonchev–Trinajstić information content (AvgIpc) is 2.66. The molecule has 3 rings (SSSR count). The highest BCUT2D eigenvalue weighted by molar-refractivity contribution is 5.45. The maximum Gasteiger partial charge on any atom is 0.0548 e. The largest absolute Gasteiger partial charge is 0.378 e. The molecule has 0 spiro atoms. The van der Waals surface area contributed by atoms with E-state index in [9.17, 15) is 0 Å². The number of rotatable bonds is 7. The Kier molecular flexibility index (Phi) is 5.85. The number of benzene rings is 3. The summed E-state index contributed by atoms with van der Waals surface area (Å²) >= 11 is 0. The minimum Gasteiger partial charge on any atom is -0.378 e. The molecule has 1 heteroatoms. The average molecular weight is 313 g/mol. The fourth-order valence-corrected chi connectivity index (χ4v) is 2.77. The third kappa shape index (κ3) is 4.85. The molecule has 24 heavy (non-hydrogen) atoms. The highest BCUT2D eigenvalue weighted by Crippen LogP contribution is 2.23. The van der Waals surface area contributed by atoms with E-state index in [1.165, 1.54) is 11.1 Å². The summed E-state index contributed by atoms with van der Waals surface area (Å²) < 4.78 is 0. The SMILES string of the molecule is C(=C\CC(Nc1ccccc1)c1ccccc1)/Cc1ccccc1. The van der Waals surface area contributed by atoms with E-state index in [4.69, 9.17) is 0 Å². The van der Waals surface area contributed by atoms with Crippen LogP contribution in [0.25, 0.3) is 0 Å². The van der Waals surface area contributed by atoms with Crippen LogP contribution in [0.15, 0.2) is 103 Å². The second kappa shape index (κ2) is 8.73. The van der Waals surface area contributed by atoms with Crippen LogP contribution in [-0.2, 0) is 6.42 Å². The fourth-order valence-electron chi connectivity index (χ4n) is 2.77. The van der Waals surface area contributed by atoms with Crippen molar-refractivity contribution in [3.8, 4) is 0 Å². The lowest BCUT2D eigenvalue weighted by Crippen LogP contribution is -2.09. The Balaban J connectivity index is 1.66. The van der Waals surface area contributed by atoms with Crippen molar-refractivity contribution in [2.45, 2.75) is 18.9 Å². The minimum atomic E-state index is 0.278. The molecule has 0 amide bonds. The molecule has 0 bridgehead atoms. The molecule has 0 aliphatic heterocycles. The van der Waals surface area contributed by atoms with Crippen molar-refractivity contribution in [1.82, 2.24) is 0 Å². The molecule has 0 saturated carbocycles. The lowest BCUT2D eigenvalue weighted by molar-refractivity contribution is 0.796. The topological polar surface area (TPSA) is 12.0 Å². The van der Waals surface area contributed by atoms with E-state index in [-0.39, 0.29) is 6.04 Å². The van der Waals surface area contributed by atoms with Crippen LogP contribution in [0.4, 0.5) is 5.69 Å². The van der Waals surface area contributed by atoms with E-state index >= 15 is 0 Å². The molecule has 0 saturated heterocycles. The van der Waals surface area contributed by atoms with Crippen LogP contribution in [0.2, 0.25) is 0 Å². The van der Waals surface area contributed by atoms with Gasteiger partial charge in [0, 0.05) is 5.69 Å².